The van der Waals surface area contributed by atoms with Gasteiger partial charge in [0, 0.05) is 23.2 Å². The van der Waals surface area contributed by atoms with Crippen molar-refractivity contribution in [3.8, 4) is 0 Å². The molecule has 1 fully saturated rings. The second-order valence-electron chi connectivity index (χ2n) is 5.01. The van der Waals surface area contributed by atoms with Gasteiger partial charge in [-0.2, -0.15) is 0 Å². The quantitative estimate of drug-likeness (QED) is 0.823. The van der Waals surface area contributed by atoms with Gasteiger partial charge in [0.25, 0.3) is 0 Å². The standard InChI is InChI=1S/C14H17FIN3/c1-17-14-6-7-18(11-3-4-11)9-19(14)13-5-2-10(16)8-12(13)15/h2,5-6,8,11,17H,3-4,7,9H2,1H3. The zero-order valence-corrected chi connectivity index (χ0v) is 13.0. The van der Waals surface area contributed by atoms with Gasteiger partial charge in [0.05, 0.1) is 12.4 Å². The van der Waals surface area contributed by atoms with Gasteiger partial charge in [-0.15, -0.1) is 0 Å². The average molecular weight is 373 g/mol. The van der Waals surface area contributed by atoms with E-state index < -0.39 is 0 Å². The first-order chi connectivity index (χ1) is 9.19. The highest BCUT2D eigenvalue weighted by Gasteiger charge is 2.32. The molecule has 0 unspecified atom stereocenters. The first-order valence-electron chi connectivity index (χ1n) is 6.53. The number of benzene rings is 1. The van der Waals surface area contributed by atoms with Gasteiger partial charge in [0.1, 0.15) is 11.6 Å². The van der Waals surface area contributed by atoms with Crippen molar-refractivity contribution in [2.24, 2.45) is 0 Å². The van der Waals surface area contributed by atoms with E-state index in [9.17, 15) is 4.39 Å². The molecule has 0 radical (unpaired) electrons. The Labute approximate surface area is 126 Å². The van der Waals surface area contributed by atoms with Crippen LogP contribution in [0.2, 0.25) is 0 Å². The fraction of sp³-hybridized carbons (Fsp3) is 0.429. The maximum Gasteiger partial charge on any atom is 0.147 e. The Morgan fingerprint density at radius 2 is 2.16 bits per heavy atom. The van der Waals surface area contributed by atoms with Gasteiger partial charge in [-0.3, -0.25) is 4.90 Å². The zero-order chi connectivity index (χ0) is 13.4. The minimum Gasteiger partial charge on any atom is -0.375 e. The highest BCUT2D eigenvalue weighted by molar-refractivity contribution is 14.1. The maximum absolute atomic E-state index is 14.2. The molecule has 1 heterocycles. The summed E-state index contributed by atoms with van der Waals surface area (Å²) in [5.41, 5.74) is 0.645. The van der Waals surface area contributed by atoms with Crippen molar-refractivity contribution in [2.45, 2.75) is 18.9 Å². The van der Waals surface area contributed by atoms with Crippen LogP contribution in [0.4, 0.5) is 10.1 Å². The topological polar surface area (TPSA) is 18.5 Å². The lowest BCUT2D eigenvalue weighted by atomic mass is 10.2. The molecule has 19 heavy (non-hydrogen) atoms. The molecule has 0 amide bonds. The molecule has 0 atom stereocenters. The van der Waals surface area contributed by atoms with Crippen LogP contribution in [0.5, 0.6) is 0 Å². The van der Waals surface area contributed by atoms with Gasteiger partial charge in [-0.25, -0.2) is 4.39 Å². The van der Waals surface area contributed by atoms with Crippen molar-refractivity contribution in [2.75, 3.05) is 25.2 Å². The predicted octanol–water partition coefficient (Wildman–Crippen LogP) is 2.73. The van der Waals surface area contributed by atoms with Crippen LogP contribution in [0.3, 0.4) is 0 Å². The van der Waals surface area contributed by atoms with Crippen molar-refractivity contribution < 1.29 is 4.39 Å². The molecule has 5 heteroatoms. The maximum atomic E-state index is 14.2. The Balaban J connectivity index is 1.91. The summed E-state index contributed by atoms with van der Waals surface area (Å²) in [6.07, 6.45) is 4.68. The van der Waals surface area contributed by atoms with Gasteiger partial charge in [0.2, 0.25) is 0 Å². The van der Waals surface area contributed by atoms with Crippen LogP contribution in [0.15, 0.2) is 30.1 Å². The molecule has 2 aliphatic rings. The lowest BCUT2D eigenvalue weighted by molar-refractivity contribution is 0.280. The van der Waals surface area contributed by atoms with E-state index in [0.717, 1.165) is 22.6 Å². The predicted molar refractivity (Wildman–Crippen MR) is 83.3 cm³/mol. The van der Waals surface area contributed by atoms with E-state index in [2.05, 4.69) is 38.9 Å². The fourth-order valence-electron chi connectivity index (χ4n) is 2.48. The second-order valence-corrected chi connectivity index (χ2v) is 6.25. The van der Waals surface area contributed by atoms with Gasteiger partial charge >= 0.3 is 0 Å². The molecule has 1 aliphatic heterocycles. The summed E-state index contributed by atoms with van der Waals surface area (Å²) in [7, 11) is 1.89. The molecule has 1 aliphatic carbocycles. The fourth-order valence-corrected chi connectivity index (χ4v) is 2.93. The van der Waals surface area contributed by atoms with Crippen LogP contribution in [-0.2, 0) is 0 Å². The molecule has 1 N–H and O–H groups in total. The smallest absolute Gasteiger partial charge is 0.147 e. The van der Waals surface area contributed by atoms with E-state index in [1.54, 1.807) is 6.07 Å². The number of rotatable bonds is 3. The van der Waals surface area contributed by atoms with E-state index >= 15 is 0 Å². The summed E-state index contributed by atoms with van der Waals surface area (Å²) in [4.78, 5) is 4.42. The number of hydrogen-bond donors (Lipinski definition) is 1. The minimum atomic E-state index is -0.161. The van der Waals surface area contributed by atoms with E-state index in [4.69, 9.17) is 0 Å². The molecule has 0 spiro atoms. The molecule has 0 saturated heterocycles. The highest BCUT2D eigenvalue weighted by Crippen LogP contribution is 2.32. The molecule has 0 bridgehead atoms. The average Bonchev–Trinajstić information content (AvgIpc) is 3.22. The van der Waals surface area contributed by atoms with Crippen LogP contribution < -0.4 is 10.2 Å². The Kier molecular flexibility index (Phi) is 3.66. The summed E-state index contributed by atoms with van der Waals surface area (Å²) in [5, 5.41) is 3.17. The molecule has 102 valence electrons. The monoisotopic (exact) mass is 373 g/mol. The van der Waals surface area contributed by atoms with Crippen LogP contribution >= 0.6 is 22.6 Å². The highest BCUT2D eigenvalue weighted by atomic mass is 127. The molecule has 1 aromatic carbocycles. The van der Waals surface area contributed by atoms with Crippen molar-refractivity contribution in [1.29, 1.82) is 0 Å². The van der Waals surface area contributed by atoms with Crippen molar-refractivity contribution >= 4 is 28.3 Å². The third-order valence-electron chi connectivity index (χ3n) is 3.65. The summed E-state index contributed by atoms with van der Waals surface area (Å²) >= 11 is 2.13. The van der Waals surface area contributed by atoms with Gasteiger partial charge in [-0.05, 0) is 59.7 Å². The normalized spacial score (nSPS) is 20.4. The first kappa shape index (κ1) is 13.2. The third-order valence-corrected chi connectivity index (χ3v) is 4.32. The van der Waals surface area contributed by atoms with Crippen LogP contribution in [0.25, 0.3) is 0 Å². The van der Waals surface area contributed by atoms with Crippen LogP contribution in [0, 0.1) is 9.39 Å². The lowest BCUT2D eigenvalue weighted by Gasteiger charge is -2.37. The van der Waals surface area contributed by atoms with E-state index in [-0.39, 0.29) is 5.82 Å². The zero-order valence-electron chi connectivity index (χ0n) is 10.9. The number of halogens is 2. The minimum absolute atomic E-state index is 0.161. The molecule has 0 aromatic heterocycles. The Bertz CT molecular complexity index is 513. The Morgan fingerprint density at radius 1 is 1.37 bits per heavy atom. The second kappa shape index (κ2) is 5.28. The Morgan fingerprint density at radius 3 is 2.79 bits per heavy atom. The van der Waals surface area contributed by atoms with Gasteiger partial charge in [0.15, 0.2) is 0 Å². The van der Waals surface area contributed by atoms with Crippen LogP contribution in [0.1, 0.15) is 12.8 Å². The Hall–Kier alpha value is -0.820. The SMILES string of the molecule is CNC1=CCN(C2CC2)CN1c1ccc(I)cc1F. The van der Waals surface area contributed by atoms with Crippen molar-refractivity contribution in [3.05, 3.63) is 39.5 Å². The first-order valence-corrected chi connectivity index (χ1v) is 7.61. The van der Waals surface area contributed by atoms with Crippen molar-refractivity contribution in [1.82, 2.24) is 10.2 Å². The summed E-state index contributed by atoms with van der Waals surface area (Å²) in [6.45, 7) is 1.71. The molecule has 3 rings (SSSR count). The lowest BCUT2D eigenvalue weighted by Crippen LogP contribution is -2.46. The van der Waals surface area contributed by atoms with Crippen LogP contribution in [-0.4, -0.2) is 31.2 Å². The number of hydrogen-bond acceptors (Lipinski definition) is 3. The number of nitrogens with one attached hydrogen (secondary N) is 1. The number of nitrogens with zero attached hydrogens (tertiary/aromatic N) is 2. The number of anilines is 1. The molecular formula is C14H17FIN3. The largest absolute Gasteiger partial charge is 0.375 e. The molecule has 1 saturated carbocycles. The van der Waals surface area contributed by atoms with E-state index in [1.165, 1.54) is 12.8 Å². The summed E-state index contributed by atoms with van der Waals surface area (Å²) in [5.74, 6) is 0.822. The summed E-state index contributed by atoms with van der Waals surface area (Å²) in [6, 6.07) is 6.07. The summed E-state index contributed by atoms with van der Waals surface area (Å²) < 4.78 is 15.1. The molecule has 3 nitrogen and oxygen atoms in total. The van der Waals surface area contributed by atoms with E-state index in [1.807, 2.05) is 24.1 Å². The van der Waals surface area contributed by atoms with E-state index in [0.29, 0.717) is 11.7 Å². The van der Waals surface area contributed by atoms with Gasteiger partial charge in [-0.1, -0.05) is 0 Å². The third kappa shape index (κ3) is 2.72. The molecule has 1 aromatic rings. The van der Waals surface area contributed by atoms with Gasteiger partial charge < -0.3 is 10.2 Å². The van der Waals surface area contributed by atoms with Crippen molar-refractivity contribution in [3.63, 3.8) is 0 Å². The molecular weight excluding hydrogens is 356 g/mol.